The number of carbonyl (C=O) groups is 2. The second-order valence-corrected chi connectivity index (χ2v) is 11.9. The molecule has 0 amide bonds. The van der Waals surface area contributed by atoms with E-state index in [2.05, 4.69) is 16.3 Å². The van der Waals surface area contributed by atoms with Crippen molar-refractivity contribution in [2.45, 2.75) is 36.4 Å². The van der Waals surface area contributed by atoms with Gasteiger partial charge in [0.2, 0.25) is 10.9 Å². The normalized spacial score (nSPS) is 16.7. The predicted molar refractivity (Wildman–Crippen MR) is 160 cm³/mol. The van der Waals surface area contributed by atoms with E-state index in [9.17, 15) is 14.9 Å². The molecule has 0 radical (unpaired) electrons. The van der Waals surface area contributed by atoms with Gasteiger partial charge in [-0.25, -0.2) is 0 Å². The molecule has 2 heterocycles. The monoisotopic (exact) mass is 603 g/mol. The number of nitrogens with two attached hydrogens (primary N) is 1. The number of Topliss-reactive ketones (excluding diaryl/α,β-unsaturated/α-hetero) is 2. The van der Waals surface area contributed by atoms with Gasteiger partial charge in [-0.15, -0.1) is 10.2 Å². The summed E-state index contributed by atoms with van der Waals surface area (Å²) in [5.74, 6) is 0.774. The molecule has 0 fully saturated rings. The van der Waals surface area contributed by atoms with Gasteiger partial charge in [0.1, 0.15) is 5.82 Å². The molecule has 5 rings (SSSR count). The largest absolute Gasteiger partial charge is 0.493 e. The van der Waals surface area contributed by atoms with Gasteiger partial charge in [-0.1, -0.05) is 52.9 Å². The minimum Gasteiger partial charge on any atom is -0.493 e. The Labute approximate surface area is 251 Å². The van der Waals surface area contributed by atoms with E-state index in [1.54, 1.807) is 17.0 Å². The number of aromatic nitrogens is 2. The van der Waals surface area contributed by atoms with Crippen LogP contribution in [0.15, 0.2) is 63.4 Å². The first-order valence-electron chi connectivity index (χ1n) is 13.1. The molecule has 10 nitrogen and oxygen atoms in total. The van der Waals surface area contributed by atoms with Gasteiger partial charge >= 0.3 is 0 Å². The number of nitrogens with zero attached hydrogens (tertiary/aromatic N) is 4. The molecule has 3 aromatic rings. The third-order valence-corrected chi connectivity index (χ3v) is 9.26. The van der Waals surface area contributed by atoms with E-state index in [1.165, 1.54) is 44.4 Å². The van der Waals surface area contributed by atoms with Gasteiger partial charge in [0.15, 0.2) is 27.4 Å². The van der Waals surface area contributed by atoms with Crippen molar-refractivity contribution in [3.8, 4) is 23.3 Å². The molecule has 0 bridgehead atoms. The first-order valence-corrected chi connectivity index (χ1v) is 14.9. The summed E-state index contributed by atoms with van der Waals surface area (Å²) in [7, 11) is 4.53. The molecule has 0 saturated carbocycles. The highest BCUT2D eigenvalue weighted by Crippen LogP contribution is 2.50. The van der Waals surface area contributed by atoms with Crippen LogP contribution in [-0.2, 0) is 4.79 Å². The van der Waals surface area contributed by atoms with Crippen molar-refractivity contribution in [1.29, 1.82) is 5.26 Å². The number of ether oxygens (including phenoxy) is 3. The zero-order chi connectivity index (χ0) is 30.0. The minimum atomic E-state index is -0.725. The van der Waals surface area contributed by atoms with Crippen molar-refractivity contribution in [1.82, 2.24) is 10.2 Å². The number of hydrogen-bond acceptors (Lipinski definition) is 12. The Morgan fingerprint density at radius 3 is 2.43 bits per heavy atom. The van der Waals surface area contributed by atoms with Crippen molar-refractivity contribution in [3.05, 3.63) is 75.8 Å². The molecule has 12 heteroatoms. The molecule has 1 unspecified atom stereocenters. The molecule has 2 N–H and O–H groups in total. The van der Waals surface area contributed by atoms with E-state index in [0.29, 0.717) is 68.4 Å². The van der Waals surface area contributed by atoms with Gasteiger partial charge in [0.05, 0.1) is 44.6 Å². The first kappa shape index (κ1) is 29.2. The van der Waals surface area contributed by atoms with E-state index in [4.69, 9.17) is 19.9 Å². The maximum Gasteiger partial charge on any atom is 0.219 e. The Kier molecular flexibility index (Phi) is 8.51. The molecule has 2 aliphatic rings. The summed E-state index contributed by atoms with van der Waals surface area (Å²) in [5, 5.41) is 19.4. The van der Waals surface area contributed by atoms with Crippen LogP contribution in [0.5, 0.6) is 17.2 Å². The number of rotatable bonds is 9. The van der Waals surface area contributed by atoms with Gasteiger partial charge in [-0.2, -0.15) is 5.26 Å². The van der Waals surface area contributed by atoms with E-state index in [0.717, 1.165) is 5.56 Å². The van der Waals surface area contributed by atoms with Gasteiger partial charge < -0.3 is 19.9 Å². The van der Waals surface area contributed by atoms with Crippen LogP contribution >= 0.6 is 23.1 Å². The number of methoxy groups -OCH3 is 3. The fraction of sp³-hybridized carbons (Fsp3) is 0.300. The summed E-state index contributed by atoms with van der Waals surface area (Å²) in [4.78, 5) is 27.9. The fourth-order valence-corrected chi connectivity index (χ4v) is 6.98. The Bertz CT molecular complexity index is 1630. The molecule has 1 aliphatic heterocycles. The lowest BCUT2D eigenvalue weighted by atomic mass is 9.75. The van der Waals surface area contributed by atoms with Crippen molar-refractivity contribution in [2.24, 2.45) is 5.73 Å². The van der Waals surface area contributed by atoms with E-state index in [1.807, 2.05) is 31.2 Å². The number of allylic oxidation sites excluding steroid dienone is 3. The fourth-order valence-electron chi connectivity index (χ4n) is 5.21. The lowest BCUT2D eigenvalue weighted by molar-refractivity contribution is -0.116. The highest BCUT2D eigenvalue weighted by Gasteiger charge is 2.42. The van der Waals surface area contributed by atoms with E-state index in [-0.39, 0.29) is 28.7 Å². The molecular weight excluding hydrogens is 574 g/mol. The maximum absolute atomic E-state index is 13.5. The molecule has 1 aromatic heterocycles. The summed E-state index contributed by atoms with van der Waals surface area (Å²) < 4.78 is 17.1. The molecular formula is C30H29N5O5S2. The second-order valence-electron chi connectivity index (χ2n) is 9.70. The minimum absolute atomic E-state index is 0.0167. The number of aryl methyl sites for hydroxylation is 1. The van der Waals surface area contributed by atoms with Crippen molar-refractivity contribution < 1.29 is 23.8 Å². The Balaban J connectivity index is 1.52. The van der Waals surface area contributed by atoms with Gasteiger partial charge in [0, 0.05) is 23.3 Å². The van der Waals surface area contributed by atoms with Crippen LogP contribution in [-0.4, -0.2) is 48.8 Å². The predicted octanol–water partition coefficient (Wildman–Crippen LogP) is 5.15. The van der Waals surface area contributed by atoms with Crippen LogP contribution < -0.4 is 24.8 Å². The van der Waals surface area contributed by atoms with Crippen LogP contribution in [0.4, 0.5) is 5.13 Å². The highest BCUT2D eigenvalue weighted by atomic mass is 32.2. The summed E-state index contributed by atoms with van der Waals surface area (Å²) in [5.41, 5.74) is 10.4. The number of thioether (sulfide) groups is 1. The smallest absolute Gasteiger partial charge is 0.219 e. The zero-order valence-electron chi connectivity index (χ0n) is 23.6. The highest BCUT2D eigenvalue weighted by molar-refractivity contribution is 8.01. The zero-order valence-corrected chi connectivity index (χ0v) is 25.2. The molecule has 1 atom stereocenters. The number of ketones is 2. The standard InChI is InChI=1S/C30H29N5O5S2/c1-16-8-10-17(11-9-16)22(37)15-41-30-34-33-29(42-30)35-20-6-5-7-21(36)26(20)25(19(14-31)28(35)32)18-12-23(38-2)27(40-4)24(13-18)39-3/h8-13,25H,5-7,15,32H2,1-4H3. The molecule has 0 spiro atoms. The van der Waals surface area contributed by atoms with Crippen LogP contribution in [0.25, 0.3) is 0 Å². The number of benzene rings is 2. The van der Waals surface area contributed by atoms with Crippen molar-refractivity contribution in [2.75, 3.05) is 32.0 Å². The SMILES string of the molecule is COc1cc(C2C(C#N)=C(N)N(c3nnc(SCC(=O)c4ccc(C)cc4)s3)C3=C2C(=O)CCC3)cc(OC)c1OC. The molecule has 2 aromatic carbocycles. The van der Waals surface area contributed by atoms with Gasteiger partial charge in [-0.3, -0.25) is 14.5 Å². The lowest BCUT2D eigenvalue weighted by Gasteiger charge is -2.38. The van der Waals surface area contributed by atoms with Crippen molar-refractivity contribution in [3.63, 3.8) is 0 Å². The third-order valence-electron chi connectivity index (χ3n) is 7.22. The molecule has 42 heavy (non-hydrogen) atoms. The Morgan fingerprint density at radius 2 is 1.81 bits per heavy atom. The molecule has 1 aliphatic carbocycles. The van der Waals surface area contributed by atoms with Crippen LogP contribution in [0.3, 0.4) is 0 Å². The summed E-state index contributed by atoms with van der Waals surface area (Å²) in [6, 6.07) is 13.2. The van der Waals surface area contributed by atoms with E-state index >= 15 is 0 Å². The third kappa shape index (κ3) is 5.33. The summed E-state index contributed by atoms with van der Waals surface area (Å²) in [6.07, 6.45) is 1.55. The van der Waals surface area contributed by atoms with Crippen LogP contribution in [0.1, 0.15) is 46.7 Å². The number of hydrogen-bond donors (Lipinski definition) is 1. The summed E-state index contributed by atoms with van der Waals surface area (Å²) >= 11 is 2.54. The van der Waals surface area contributed by atoms with Crippen LogP contribution in [0.2, 0.25) is 0 Å². The lowest BCUT2D eigenvalue weighted by Crippen LogP contribution is -2.38. The molecule has 0 saturated heterocycles. The first-order chi connectivity index (χ1) is 20.3. The quantitative estimate of drug-likeness (QED) is 0.256. The average Bonchev–Trinajstić information content (AvgIpc) is 3.47. The van der Waals surface area contributed by atoms with Crippen molar-refractivity contribution >= 4 is 39.8 Å². The number of carbonyl (C=O) groups excluding carboxylic acids is 2. The summed E-state index contributed by atoms with van der Waals surface area (Å²) in [6.45, 7) is 1.97. The van der Waals surface area contributed by atoms with Gasteiger partial charge in [0.25, 0.3) is 0 Å². The van der Waals surface area contributed by atoms with E-state index < -0.39 is 5.92 Å². The number of anilines is 1. The Hall–Kier alpha value is -4.34. The topological polar surface area (TPSA) is 141 Å². The average molecular weight is 604 g/mol. The van der Waals surface area contributed by atoms with Gasteiger partial charge in [-0.05, 0) is 37.5 Å². The molecule has 216 valence electrons. The number of nitriles is 1. The Morgan fingerprint density at radius 1 is 1.12 bits per heavy atom. The maximum atomic E-state index is 13.5. The second kappa shape index (κ2) is 12.3. The van der Waals surface area contributed by atoms with Crippen LogP contribution in [0, 0.1) is 18.3 Å².